The summed E-state index contributed by atoms with van der Waals surface area (Å²) in [5.41, 5.74) is 1.53. The molecule has 3 aromatic rings. The Morgan fingerprint density at radius 2 is 1.54 bits per heavy atom. The van der Waals surface area contributed by atoms with E-state index in [0.29, 0.717) is 12.1 Å². The third kappa shape index (κ3) is 4.24. The van der Waals surface area contributed by atoms with Crippen LogP contribution in [0.1, 0.15) is 24.5 Å². The molecule has 0 radical (unpaired) electrons. The molecule has 1 N–H and O–H groups in total. The lowest BCUT2D eigenvalue weighted by molar-refractivity contribution is -0.119. The summed E-state index contributed by atoms with van der Waals surface area (Å²) < 4.78 is 5.18. The van der Waals surface area contributed by atoms with Gasteiger partial charge in [0.15, 0.2) is 0 Å². The SMILES string of the molecule is CC[C@](C#Cc1ccccc1)(C(=O)Nc1ccc(OC)cc1)c1ccccc1. The van der Waals surface area contributed by atoms with Gasteiger partial charge >= 0.3 is 0 Å². The first-order chi connectivity index (χ1) is 13.7. The van der Waals surface area contributed by atoms with Gasteiger partial charge in [-0.3, -0.25) is 4.79 Å². The highest BCUT2D eigenvalue weighted by Crippen LogP contribution is 2.30. The van der Waals surface area contributed by atoms with Crippen molar-refractivity contribution in [2.75, 3.05) is 12.4 Å². The van der Waals surface area contributed by atoms with E-state index in [0.717, 1.165) is 16.9 Å². The predicted octanol–water partition coefficient (Wildman–Crippen LogP) is 5.03. The molecule has 0 saturated carbocycles. The minimum absolute atomic E-state index is 0.144. The van der Waals surface area contributed by atoms with Crippen LogP contribution in [0.5, 0.6) is 5.75 Å². The van der Waals surface area contributed by atoms with Gasteiger partial charge in [0.1, 0.15) is 11.2 Å². The predicted molar refractivity (Wildman–Crippen MR) is 113 cm³/mol. The molecule has 0 aliphatic rings. The van der Waals surface area contributed by atoms with Crippen molar-refractivity contribution in [3.05, 3.63) is 96.1 Å². The van der Waals surface area contributed by atoms with Crippen molar-refractivity contribution < 1.29 is 9.53 Å². The number of hydrogen-bond acceptors (Lipinski definition) is 2. The molecule has 0 aliphatic carbocycles. The van der Waals surface area contributed by atoms with Crippen molar-refractivity contribution in [2.24, 2.45) is 0 Å². The molecule has 1 amide bonds. The molecular weight excluding hydrogens is 346 g/mol. The number of methoxy groups -OCH3 is 1. The second-order valence-corrected chi connectivity index (χ2v) is 6.42. The Morgan fingerprint density at radius 3 is 2.11 bits per heavy atom. The Bertz CT molecular complexity index is 970. The van der Waals surface area contributed by atoms with E-state index in [2.05, 4.69) is 17.2 Å². The molecule has 0 spiro atoms. The first kappa shape index (κ1) is 19.3. The van der Waals surface area contributed by atoms with Gasteiger partial charge in [0.2, 0.25) is 5.91 Å². The molecule has 28 heavy (non-hydrogen) atoms. The topological polar surface area (TPSA) is 38.3 Å². The van der Waals surface area contributed by atoms with Gasteiger partial charge in [-0.1, -0.05) is 67.3 Å². The Balaban J connectivity index is 1.99. The van der Waals surface area contributed by atoms with E-state index >= 15 is 0 Å². The minimum Gasteiger partial charge on any atom is -0.497 e. The number of carbonyl (C=O) groups excluding carboxylic acids is 1. The number of benzene rings is 3. The average molecular weight is 369 g/mol. The smallest absolute Gasteiger partial charge is 0.247 e. The summed E-state index contributed by atoms with van der Waals surface area (Å²) in [5.74, 6) is 7.06. The first-order valence-electron chi connectivity index (χ1n) is 9.27. The van der Waals surface area contributed by atoms with Crippen LogP contribution in [-0.4, -0.2) is 13.0 Å². The van der Waals surface area contributed by atoms with E-state index in [1.54, 1.807) is 7.11 Å². The minimum atomic E-state index is -0.947. The highest BCUT2D eigenvalue weighted by Gasteiger charge is 2.37. The van der Waals surface area contributed by atoms with Crippen LogP contribution in [0.2, 0.25) is 0 Å². The van der Waals surface area contributed by atoms with Crippen LogP contribution in [0.4, 0.5) is 5.69 Å². The Morgan fingerprint density at radius 1 is 0.929 bits per heavy atom. The Labute approximate surface area is 166 Å². The van der Waals surface area contributed by atoms with Gasteiger partial charge < -0.3 is 10.1 Å². The first-order valence-corrected chi connectivity index (χ1v) is 9.27. The fraction of sp³-hybridized carbons (Fsp3) is 0.160. The molecule has 0 heterocycles. The van der Waals surface area contributed by atoms with E-state index in [1.165, 1.54) is 0 Å². The second kappa shape index (κ2) is 8.92. The monoisotopic (exact) mass is 369 g/mol. The summed E-state index contributed by atoms with van der Waals surface area (Å²) in [6, 6.07) is 26.7. The van der Waals surface area contributed by atoms with Crippen LogP contribution in [-0.2, 0) is 10.2 Å². The summed E-state index contributed by atoms with van der Waals surface area (Å²) in [6.45, 7) is 1.99. The molecule has 0 aromatic heterocycles. The highest BCUT2D eigenvalue weighted by atomic mass is 16.5. The summed E-state index contributed by atoms with van der Waals surface area (Å²) in [4.78, 5) is 13.4. The largest absolute Gasteiger partial charge is 0.497 e. The zero-order valence-corrected chi connectivity index (χ0v) is 16.1. The fourth-order valence-electron chi connectivity index (χ4n) is 3.05. The van der Waals surface area contributed by atoms with E-state index < -0.39 is 5.41 Å². The normalized spacial score (nSPS) is 12.2. The van der Waals surface area contributed by atoms with Crippen LogP contribution in [0.25, 0.3) is 0 Å². The third-order valence-corrected chi connectivity index (χ3v) is 4.73. The average Bonchev–Trinajstić information content (AvgIpc) is 2.76. The van der Waals surface area contributed by atoms with E-state index in [9.17, 15) is 4.79 Å². The van der Waals surface area contributed by atoms with Crippen molar-refractivity contribution in [1.82, 2.24) is 0 Å². The third-order valence-electron chi connectivity index (χ3n) is 4.73. The number of rotatable bonds is 5. The highest BCUT2D eigenvalue weighted by molar-refractivity contribution is 6.02. The van der Waals surface area contributed by atoms with Gasteiger partial charge in [0, 0.05) is 11.3 Å². The lowest BCUT2D eigenvalue weighted by Gasteiger charge is -2.27. The number of anilines is 1. The number of amides is 1. The van der Waals surface area contributed by atoms with Gasteiger partial charge in [0.25, 0.3) is 0 Å². The van der Waals surface area contributed by atoms with Crippen molar-refractivity contribution in [3.8, 4) is 17.6 Å². The van der Waals surface area contributed by atoms with Crippen LogP contribution in [0.15, 0.2) is 84.9 Å². The molecule has 0 aliphatic heterocycles. The number of nitrogens with one attached hydrogen (secondary N) is 1. The molecule has 140 valence electrons. The maximum atomic E-state index is 13.4. The van der Waals surface area contributed by atoms with Gasteiger partial charge in [-0.15, -0.1) is 0 Å². The fourth-order valence-corrected chi connectivity index (χ4v) is 3.05. The van der Waals surface area contributed by atoms with Crippen molar-refractivity contribution in [3.63, 3.8) is 0 Å². The van der Waals surface area contributed by atoms with E-state index in [-0.39, 0.29) is 5.91 Å². The lowest BCUT2D eigenvalue weighted by atomic mass is 9.77. The summed E-state index contributed by atoms with van der Waals surface area (Å²) in [6.07, 6.45) is 0.554. The van der Waals surface area contributed by atoms with E-state index in [4.69, 9.17) is 4.74 Å². The molecule has 0 fully saturated rings. The molecule has 3 heteroatoms. The molecule has 3 rings (SSSR count). The number of carbonyl (C=O) groups is 1. The standard InChI is InChI=1S/C25H23NO2/c1-3-25(21-12-8-5-9-13-21,19-18-20-10-6-4-7-11-20)24(27)26-22-14-16-23(28-2)17-15-22/h4-17H,3H2,1-2H3,(H,26,27)/t25-/m1/s1. The Kier molecular flexibility index (Phi) is 6.14. The van der Waals surface area contributed by atoms with Crippen molar-refractivity contribution >= 4 is 11.6 Å². The Hall–Kier alpha value is -3.51. The summed E-state index contributed by atoms with van der Waals surface area (Å²) in [7, 11) is 1.62. The van der Waals surface area contributed by atoms with Crippen molar-refractivity contribution in [2.45, 2.75) is 18.8 Å². The van der Waals surface area contributed by atoms with Crippen LogP contribution in [0, 0.1) is 11.8 Å². The molecule has 1 atom stereocenters. The van der Waals surface area contributed by atoms with Gasteiger partial charge in [-0.2, -0.15) is 0 Å². The second-order valence-electron chi connectivity index (χ2n) is 6.42. The van der Waals surface area contributed by atoms with E-state index in [1.807, 2.05) is 91.9 Å². The van der Waals surface area contributed by atoms with Crippen LogP contribution in [0.3, 0.4) is 0 Å². The van der Waals surface area contributed by atoms with Gasteiger partial charge in [0.05, 0.1) is 7.11 Å². The van der Waals surface area contributed by atoms with Gasteiger partial charge in [-0.05, 0) is 48.4 Å². The zero-order valence-electron chi connectivity index (χ0n) is 16.1. The van der Waals surface area contributed by atoms with Crippen molar-refractivity contribution in [1.29, 1.82) is 0 Å². The molecule has 3 nitrogen and oxygen atoms in total. The maximum absolute atomic E-state index is 13.4. The zero-order chi connectivity index (χ0) is 19.8. The van der Waals surface area contributed by atoms with Crippen LogP contribution < -0.4 is 10.1 Å². The lowest BCUT2D eigenvalue weighted by Crippen LogP contribution is -2.38. The maximum Gasteiger partial charge on any atom is 0.247 e. The molecule has 0 unspecified atom stereocenters. The number of hydrogen-bond donors (Lipinski definition) is 1. The molecular formula is C25H23NO2. The van der Waals surface area contributed by atoms with Crippen LogP contribution >= 0.6 is 0 Å². The molecule has 0 saturated heterocycles. The number of ether oxygens (including phenoxy) is 1. The molecule has 3 aromatic carbocycles. The van der Waals surface area contributed by atoms with Gasteiger partial charge in [-0.25, -0.2) is 0 Å². The molecule has 0 bridgehead atoms. The summed E-state index contributed by atoms with van der Waals surface area (Å²) >= 11 is 0. The quantitative estimate of drug-likeness (QED) is 0.640. The summed E-state index contributed by atoms with van der Waals surface area (Å²) in [5, 5.41) is 3.02.